The van der Waals surface area contributed by atoms with Crippen molar-refractivity contribution in [3.05, 3.63) is 81.7 Å². The van der Waals surface area contributed by atoms with E-state index in [2.05, 4.69) is 28.0 Å². The van der Waals surface area contributed by atoms with Gasteiger partial charge in [-0.2, -0.15) is 9.31 Å². The molecule has 0 bridgehead atoms. The quantitative estimate of drug-likeness (QED) is 0.207. The van der Waals surface area contributed by atoms with Gasteiger partial charge in [0, 0.05) is 34.4 Å². The number of rotatable bonds is 8. The Balaban J connectivity index is 1.47. The Hall–Kier alpha value is -3.20. The van der Waals surface area contributed by atoms with Gasteiger partial charge in [0.1, 0.15) is 16.4 Å². The number of halogens is 1. The molecule has 1 unspecified atom stereocenters. The van der Waals surface area contributed by atoms with Crippen molar-refractivity contribution >= 4 is 22.3 Å². The molecular formula is C31H32FN4O3S2+. The first-order valence-corrected chi connectivity index (χ1v) is 16.1. The van der Waals surface area contributed by atoms with E-state index < -0.39 is 23.1 Å². The minimum atomic E-state index is -1.67. The zero-order valence-corrected chi connectivity index (χ0v) is 24.2. The van der Waals surface area contributed by atoms with Crippen LogP contribution in [0.3, 0.4) is 0 Å². The lowest BCUT2D eigenvalue weighted by Gasteiger charge is -2.09. The molecule has 2 heterocycles. The van der Waals surface area contributed by atoms with Crippen molar-refractivity contribution in [3.63, 3.8) is 0 Å². The van der Waals surface area contributed by atoms with Crippen LogP contribution in [0.1, 0.15) is 72.9 Å². The zero-order chi connectivity index (χ0) is 28.5. The maximum absolute atomic E-state index is 14.8. The third-order valence-corrected chi connectivity index (χ3v) is 9.41. The summed E-state index contributed by atoms with van der Waals surface area (Å²) in [5.74, 6) is 7.24. The highest BCUT2D eigenvalue weighted by Gasteiger charge is 2.29. The van der Waals surface area contributed by atoms with Crippen molar-refractivity contribution in [1.82, 2.24) is 14.8 Å². The van der Waals surface area contributed by atoms with Crippen LogP contribution in [-0.2, 0) is 23.8 Å². The molecule has 2 saturated carbocycles. The van der Waals surface area contributed by atoms with Crippen molar-refractivity contribution < 1.29 is 24.0 Å². The molecule has 4 aromatic rings. The lowest BCUT2D eigenvalue weighted by atomic mass is 9.96. The van der Waals surface area contributed by atoms with E-state index in [-0.39, 0.29) is 10.6 Å². The molecule has 10 heteroatoms. The molecule has 2 fully saturated rings. The highest BCUT2D eigenvalue weighted by atomic mass is 32.2. The number of benzene rings is 2. The fraction of sp³-hybridized carbons (Fsp3) is 0.355. The molecule has 6 rings (SSSR count). The van der Waals surface area contributed by atoms with Gasteiger partial charge in [0.25, 0.3) is 0 Å². The maximum atomic E-state index is 14.8. The summed E-state index contributed by atoms with van der Waals surface area (Å²) in [5, 5.41) is 30.0. The summed E-state index contributed by atoms with van der Waals surface area (Å²) in [5.41, 5.74) is 5.43. The summed E-state index contributed by atoms with van der Waals surface area (Å²) in [6.07, 6.45) is 6.57. The molecule has 0 saturated heterocycles. The SMILES string of the molecule is [NH3+]S(=O)c1ccc(Cc2c(-c3cccc(C#CC4CCCC4)c3)nn(-c3nc(C(O)O)cs3)c2CC2CC2)cc1F. The Labute approximate surface area is 244 Å². The van der Waals surface area contributed by atoms with Gasteiger partial charge in [-0.15, -0.1) is 11.3 Å². The Kier molecular flexibility index (Phi) is 8.15. The molecule has 5 N–H and O–H groups in total. The first kappa shape index (κ1) is 27.9. The maximum Gasteiger partial charge on any atom is 0.238 e. The van der Waals surface area contributed by atoms with E-state index in [9.17, 15) is 18.8 Å². The lowest BCUT2D eigenvalue weighted by molar-refractivity contribution is -0.152. The number of quaternary nitrogens is 1. The number of aromatic nitrogens is 3. The molecule has 2 aliphatic rings. The second-order valence-corrected chi connectivity index (χ2v) is 12.8. The normalized spacial score (nSPS) is 16.2. The van der Waals surface area contributed by atoms with Crippen molar-refractivity contribution in [2.75, 3.05) is 0 Å². The third-order valence-electron chi connectivity index (χ3n) is 7.76. The first-order valence-electron chi connectivity index (χ1n) is 13.9. The van der Waals surface area contributed by atoms with Crippen molar-refractivity contribution in [3.8, 4) is 28.2 Å². The molecule has 212 valence electrons. The molecular weight excluding hydrogens is 559 g/mol. The van der Waals surface area contributed by atoms with Crippen molar-refractivity contribution in [1.29, 1.82) is 0 Å². The number of thiazole rings is 1. The second-order valence-electron chi connectivity index (χ2n) is 10.9. The van der Waals surface area contributed by atoms with Crippen LogP contribution in [0.5, 0.6) is 0 Å². The van der Waals surface area contributed by atoms with E-state index >= 15 is 0 Å². The van der Waals surface area contributed by atoms with Crippen molar-refractivity contribution in [2.24, 2.45) is 11.8 Å². The topological polar surface area (TPSA) is 116 Å². The average molecular weight is 592 g/mol. The zero-order valence-electron chi connectivity index (χ0n) is 22.6. The van der Waals surface area contributed by atoms with E-state index in [0.717, 1.165) is 65.7 Å². The van der Waals surface area contributed by atoms with Gasteiger partial charge in [-0.3, -0.25) is 5.14 Å². The molecule has 2 aromatic carbocycles. The van der Waals surface area contributed by atoms with Crippen molar-refractivity contribution in [2.45, 2.75) is 62.6 Å². The van der Waals surface area contributed by atoms with Crippen LogP contribution < -0.4 is 5.14 Å². The van der Waals surface area contributed by atoms with Gasteiger partial charge >= 0.3 is 0 Å². The molecule has 41 heavy (non-hydrogen) atoms. The Bertz CT molecular complexity index is 1660. The Morgan fingerprint density at radius 2 is 1.95 bits per heavy atom. The second kappa shape index (κ2) is 12.0. The number of nitrogens with zero attached hydrogens (tertiary/aromatic N) is 3. The Morgan fingerprint density at radius 1 is 1.15 bits per heavy atom. The van der Waals surface area contributed by atoms with Gasteiger partial charge in [0.15, 0.2) is 6.29 Å². The predicted octanol–water partition coefficient (Wildman–Crippen LogP) is 4.47. The molecule has 0 aliphatic heterocycles. The van der Waals surface area contributed by atoms with Gasteiger partial charge in [-0.25, -0.2) is 14.1 Å². The monoisotopic (exact) mass is 591 g/mol. The van der Waals surface area contributed by atoms with Crippen LogP contribution in [0.25, 0.3) is 16.4 Å². The third kappa shape index (κ3) is 6.35. The number of hydrogen-bond donors (Lipinski definition) is 3. The standard InChI is InChI=1S/C31H31FN4O3S2/c32-25-16-22(12-13-28(25)41(33)39)15-24-27(17-21-10-11-21)36(31-34-26(18-40-31)30(37)38)35-29(24)23-7-3-6-20(14-23)9-8-19-4-1-2-5-19/h3,6-7,12-14,16,18-19,21,30,37-38H,1-2,4-5,10-11,15,17,33H2/p+1. The fourth-order valence-electron chi connectivity index (χ4n) is 5.40. The summed E-state index contributed by atoms with van der Waals surface area (Å²) < 4.78 is 28.5. The van der Waals surface area contributed by atoms with E-state index in [4.69, 9.17) is 5.10 Å². The molecule has 0 amide bonds. The van der Waals surface area contributed by atoms with E-state index in [0.29, 0.717) is 23.4 Å². The molecule has 2 aromatic heterocycles. The van der Waals surface area contributed by atoms with Gasteiger partial charge in [0.05, 0.1) is 11.4 Å². The van der Waals surface area contributed by atoms with Crippen LogP contribution in [0, 0.1) is 29.5 Å². The van der Waals surface area contributed by atoms with Crippen LogP contribution in [0.4, 0.5) is 4.39 Å². The van der Waals surface area contributed by atoms with Gasteiger partial charge in [-0.1, -0.05) is 42.9 Å². The highest BCUT2D eigenvalue weighted by Crippen LogP contribution is 2.38. The molecule has 2 aliphatic carbocycles. The summed E-state index contributed by atoms with van der Waals surface area (Å²) in [6.45, 7) is 0. The van der Waals surface area contributed by atoms with Crippen LogP contribution >= 0.6 is 11.3 Å². The fourth-order valence-corrected chi connectivity index (χ4v) is 6.71. The molecule has 0 radical (unpaired) electrons. The summed E-state index contributed by atoms with van der Waals surface area (Å²) in [4.78, 5) is 4.53. The Morgan fingerprint density at radius 3 is 2.63 bits per heavy atom. The van der Waals surface area contributed by atoms with Gasteiger partial charge in [-0.05, 0) is 67.9 Å². The van der Waals surface area contributed by atoms with Gasteiger partial charge < -0.3 is 10.2 Å². The summed E-state index contributed by atoms with van der Waals surface area (Å²) >= 11 is 1.30. The number of aliphatic hydroxyl groups is 2. The predicted molar refractivity (Wildman–Crippen MR) is 156 cm³/mol. The molecule has 7 nitrogen and oxygen atoms in total. The smallest absolute Gasteiger partial charge is 0.238 e. The van der Waals surface area contributed by atoms with E-state index in [1.165, 1.54) is 36.3 Å². The lowest BCUT2D eigenvalue weighted by Crippen LogP contribution is -2.51. The molecule has 0 spiro atoms. The van der Waals surface area contributed by atoms with E-state index in [1.807, 2.05) is 22.9 Å². The summed E-state index contributed by atoms with van der Waals surface area (Å²) in [7, 11) is -1.66. The largest absolute Gasteiger partial charge is 0.363 e. The van der Waals surface area contributed by atoms with Crippen LogP contribution in [0.2, 0.25) is 0 Å². The molecule has 1 atom stereocenters. The van der Waals surface area contributed by atoms with Crippen LogP contribution in [-0.4, -0.2) is 29.2 Å². The first-order chi connectivity index (χ1) is 19.9. The van der Waals surface area contributed by atoms with Gasteiger partial charge in [0.2, 0.25) is 16.1 Å². The van der Waals surface area contributed by atoms with E-state index in [1.54, 1.807) is 11.4 Å². The highest BCUT2D eigenvalue weighted by molar-refractivity contribution is 7.77. The minimum Gasteiger partial charge on any atom is -0.363 e. The number of aliphatic hydroxyl groups excluding tert-OH is 1. The average Bonchev–Trinajstić information content (AvgIpc) is 3.31. The summed E-state index contributed by atoms with van der Waals surface area (Å²) in [6, 6.07) is 12.8. The number of hydrogen-bond acceptors (Lipinski definition) is 6. The minimum absolute atomic E-state index is 0.0780. The van der Waals surface area contributed by atoms with Crippen LogP contribution in [0.15, 0.2) is 52.7 Å².